The minimum Gasteiger partial charge on any atom is -0.322 e. The summed E-state index contributed by atoms with van der Waals surface area (Å²) >= 11 is 9.94. The molecule has 2 heterocycles. The fraction of sp³-hybridized carbons (Fsp3) is 0.808. The maximum absolute atomic E-state index is 12.5. The van der Waals surface area contributed by atoms with Gasteiger partial charge in [-0.2, -0.15) is 12.6 Å². The number of urea groups is 2. The molecule has 1 atom stereocenters. The molecule has 1 unspecified atom stereocenters. The molecule has 2 rings (SSSR count). The van der Waals surface area contributed by atoms with E-state index in [0.29, 0.717) is 69.9 Å². The van der Waals surface area contributed by atoms with Gasteiger partial charge < -0.3 is 14.7 Å². The molecule has 0 aromatic rings. The number of amides is 4. The second-order valence-electron chi connectivity index (χ2n) is 11.6. The molecule has 0 aliphatic carbocycles. The molecule has 0 spiro atoms. The molecule has 0 aromatic heterocycles. The zero-order valence-electron chi connectivity index (χ0n) is 22.8. The summed E-state index contributed by atoms with van der Waals surface area (Å²) in [5.41, 5.74) is -0.469. The molecule has 8 nitrogen and oxygen atoms in total. The minimum atomic E-state index is -0.252. The Morgan fingerprint density at radius 2 is 1.36 bits per heavy atom. The summed E-state index contributed by atoms with van der Waals surface area (Å²) < 4.78 is 0. The van der Waals surface area contributed by atoms with Crippen molar-refractivity contribution in [2.24, 2.45) is 10.8 Å². The largest absolute Gasteiger partial charge is 0.325 e. The molecule has 2 aliphatic rings. The molecule has 2 aliphatic heterocycles. The van der Waals surface area contributed by atoms with Gasteiger partial charge in [-0.1, -0.05) is 39.9 Å². The molecule has 0 bridgehead atoms. The molecule has 204 valence electrons. The number of thiocarbonyl (C=S) groups is 1. The Hall–Kier alpha value is -1.68. The summed E-state index contributed by atoms with van der Waals surface area (Å²) in [4.78, 5) is 57.5. The molecule has 0 aromatic carbocycles. The Balaban J connectivity index is 1.71. The summed E-state index contributed by atoms with van der Waals surface area (Å²) in [7, 11) is 0. The van der Waals surface area contributed by atoms with Gasteiger partial charge in [-0.25, -0.2) is 9.59 Å². The molecular weight excluding hydrogens is 496 g/mol. The van der Waals surface area contributed by atoms with Crippen LogP contribution in [0, 0.1) is 10.8 Å². The Kier molecular flexibility index (Phi) is 10.8. The maximum atomic E-state index is 12.5. The lowest BCUT2D eigenvalue weighted by atomic mass is 9.85. The van der Waals surface area contributed by atoms with E-state index in [0.717, 1.165) is 0 Å². The van der Waals surface area contributed by atoms with Crippen molar-refractivity contribution >= 4 is 53.5 Å². The van der Waals surface area contributed by atoms with Crippen molar-refractivity contribution in [2.75, 3.05) is 39.3 Å². The van der Waals surface area contributed by atoms with Crippen LogP contribution in [0.15, 0.2) is 0 Å². The Bertz CT molecular complexity index is 861. The number of likely N-dealkylation sites (N-methyl/N-ethyl adjacent to an activating group) is 2. The van der Waals surface area contributed by atoms with Crippen LogP contribution in [0.2, 0.25) is 0 Å². The van der Waals surface area contributed by atoms with E-state index in [4.69, 9.17) is 12.2 Å². The lowest BCUT2D eigenvalue weighted by molar-refractivity contribution is -0.124. The number of hydrogen-bond acceptors (Lipinski definition) is 6. The van der Waals surface area contributed by atoms with E-state index in [1.165, 1.54) is 0 Å². The first kappa shape index (κ1) is 30.5. The van der Waals surface area contributed by atoms with Crippen LogP contribution in [0.1, 0.15) is 80.1 Å². The number of rotatable bonds is 15. The fourth-order valence-corrected chi connectivity index (χ4v) is 5.32. The first-order chi connectivity index (χ1) is 16.7. The summed E-state index contributed by atoms with van der Waals surface area (Å²) in [5, 5.41) is -0.126. The summed E-state index contributed by atoms with van der Waals surface area (Å²) in [6.07, 6.45) is 2.56. The highest BCUT2D eigenvalue weighted by Crippen LogP contribution is 2.30. The number of hydrogen-bond donors (Lipinski definition) is 1. The van der Waals surface area contributed by atoms with Crippen LogP contribution in [0.25, 0.3) is 0 Å². The second kappa shape index (κ2) is 12.7. The van der Waals surface area contributed by atoms with Crippen molar-refractivity contribution in [1.29, 1.82) is 0 Å². The van der Waals surface area contributed by atoms with Crippen molar-refractivity contribution in [3.05, 3.63) is 0 Å². The van der Waals surface area contributed by atoms with Crippen molar-refractivity contribution in [1.82, 2.24) is 19.6 Å². The molecule has 4 amide bonds. The van der Waals surface area contributed by atoms with Crippen LogP contribution in [0.3, 0.4) is 0 Å². The second-order valence-corrected chi connectivity index (χ2v) is 12.7. The monoisotopic (exact) mass is 540 g/mol. The van der Waals surface area contributed by atoms with E-state index in [1.54, 1.807) is 19.6 Å². The van der Waals surface area contributed by atoms with E-state index in [9.17, 15) is 19.2 Å². The van der Waals surface area contributed by atoms with Crippen LogP contribution in [0.4, 0.5) is 9.59 Å². The third kappa shape index (κ3) is 8.43. The van der Waals surface area contributed by atoms with Gasteiger partial charge in [0.25, 0.3) is 0 Å². The quantitative estimate of drug-likeness (QED) is 0.242. The number of carbonyl (C=O) groups excluding carboxylic acids is 4. The van der Waals surface area contributed by atoms with Gasteiger partial charge >= 0.3 is 12.1 Å². The third-order valence-electron chi connectivity index (χ3n) is 7.18. The zero-order valence-corrected chi connectivity index (χ0v) is 24.6. The highest BCUT2D eigenvalue weighted by molar-refractivity contribution is 7.81. The number of carbonyl (C=O) groups is 4. The minimum absolute atomic E-state index is 0.00373. The number of nitrogens with zero attached hydrogens (tertiary/aromatic N) is 4. The molecule has 0 N–H and O–H groups in total. The van der Waals surface area contributed by atoms with Crippen LogP contribution >= 0.6 is 24.8 Å². The highest BCUT2D eigenvalue weighted by atomic mass is 32.1. The lowest BCUT2D eigenvalue weighted by Crippen LogP contribution is -2.40. The van der Waals surface area contributed by atoms with Crippen LogP contribution in [-0.4, -0.2) is 92.9 Å². The smallest absolute Gasteiger partial charge is 0.322 e. The molecule has 10 heteroatoms. The van der Waals surface area contributed by atoms with E-state index >= 15 is 0 Å². The Morgan fingerprint density at radius 1 is 0.861 bits per heavy atom. The Labute approximate surface area is 227 Å². The van der Waals surface area contributed by atoms with Crippen LogP contribution < -0.4 is 0 Å². The first-order valence-corrected chi connectivity index (χ1v) is 14.0. The average molecular weight is 541 g/mol. The topological polar surface area (TPSA) is 81.2 Å². The van der Waals surface area contributed by atoms with Gasteiger partial charge in [-0.3, -0.25) is 14.5 Å². The fourth-order valence-electron chi connectivity index (χ4n) is 4.65. The zero-order chi connectivity index (χ0) is 27.3. The first-order valence-electron chi connectivity index (χ1n) is 13.1. The Morgan fingerprint density at radius 3 is 1.81 bits per heavy atom. The normalized spacial score (nSPS) is 19.2. The number of ketones is 2. The van der Waals surface area contributed by atoms with E-state index in [2.05, 4.69) is 26.5 Å². The SMILES string of the molecule is CCN1CC(=S)N(CC(C)(C)CCC(=O)CCC(=O)CCC(C)(C)CN2C(=O)N(CC)CC2S)C1=O. The summed E-state index contributed by atoms with van der Waals surface area (Å²) in [5.74, 6) is 0.148. The van der Waals surface area contributed by atoms with Crippen LogP contribution in [0.5, 0.6) is 0 Å². The highest BCUT2D eigenvalue weighted by Gasteiger charge is 2.38. The molecule has 2 saturated heterocycles. The van der Waals surface area contributed by atoms with E-state index < -0.39 is 0 Å². The van der Waals surface area contributed by atoms with Crippen molar-refractivity contribution < 1.29 is 19.2 Å². The van der Waals surface area contributed by atoms with Crippen molar-refractivity contribution in [3.63, 3.8) is 0 Å². The van der Waals surface area contributed by atoms with Crippen LogP contribution in [-0.2, 0) is 9.59 Å². The molecule has 0 radical (unpaired) electrons. The van der Waals surface area contributed by atoms with Gasteiger partial charge in [-0.05, 0) is 37.5 Å². The third-order valence-corrected chi connectivity index (χ3v) is 7.97. The van der Waals surface area contributed by atoms with Gasteiger partial charge in [-0.15, -0.1) is 0 Å². The molecule has 36 heavy (non-hydrogen) atoms. The van der Waals surface area contributed by atoms with Gasteiger partial charge in [0.15, 0.2) is 0 Å². The molecular formula is C26H44N4O4S2. The summed E-state index contributed by atoms with van der Waals surface area (Å²) in [6.45, 7) is 15.5. The molecule has 0 saturated carbocycles. The predicted octanol–water partition coefficient (Wildman–Crippen LogP) is 4.62. The predicted molar refractivity (Wildman–Crippen MR) is 149 cm³/mol. The lowest BCUT2D eigenvalue weighted by Gasteiger charge is -2.31. The van der Waals surface area contributed by atoms with Gasteiger partial charge in [0.05, 0.1) is 18.5 Å². The van der Waals surface area contributed by atoms with Crippen molar-refractivity contribution in [2.45, 2.75) is 85.4 Å². The maximum Gasteiger partial charge on any atom is 0.325 e. The van der Waals surface area contributed by atoms with Gasteiger partial charge in [0.1, 0.15) is 16.6 Å². The van der Waals surface area contributed by atoms with Gasteiger partial charge in [0.2, 0.25) is 0 Å². The number of Topliss-reactive ketones (excluding diaryl/α,β-unsaturated/α-hetero) is 2. The van der Waals surface area contributed by atoms with E-state index in [-0.39, 0.29) is 52.7 Å². The average Bonchev–Trinajstić information content (AvgIpc) is 3.23. The van der Waals surface area contributed by atoms with Gasteiger partial charge in [0, 0.05) is 51.9 Å². The van der Waals surface area contributed by atoms with Crippen molar-refractivity contribution in [3.8, 4) is 0 Å². The summed E-state index contributed by atoms with van der Waals surface area (Å²) in [6, 6.07) is -0.0545. The molecule has 2 fully saturated rings. The number of thiol groups is 1. The van der Waals surface area contributed by atoms with E-state index in [1.807, 2.05) is 27.7 Å². The standard InChI is InChI=1S/C26H44N4O4S2/c1-7-27-15-21(35)29(23(27)33)17-25(3,4)13-11-19(31)9-10-20(32)12-14-26(5,6)18-30-22(36)16-28(8-2)24(30)34/h21,35H,7-18H2,1-6H3.